The van der Waals surface area contributed by atoms with Gasteiger partial charge in [0, 0.05) is 24.7 Å². The van der Waals surface area contributed by atoms with Crippen LogP contribution in [0.15, 0.2) is 30.3 Å². The molecule has 0 N–H and O–H groups in total. The summed E-state index contributed by atoms with van der Waals surface area (Å²) in [5.74, 6) is 1.95. The summed E-state index contributed by atoms with van der Waals surface area (Å²) in [5.41, 5.74) is 2.38. The van der Waals surface area contributed by atoms with E-state index < -0.39 is 0 Å². The fourth-order valence-electron chi connectivity index (χ4n) is 3.49. The zero-order valence-corrected chi connectivity index (χ0v) is 15.4. The van der Waals surface area contributed by atoms with Crippen LogP contribution in [0.4, 0.5) is 0 Å². The van der Waals surface area contributed by atoms with Gasteiger partial charge in [0.25, 0.3) is 0 Å². The van der Waals surface area contributed by atoms with Gasteiger partial charge in [0.2, 0.25) is 5.88 Å². The van der Waals surface area contributed by atoms with E-state index in [1.807, 2.05) is 24.3 Å². The van der Waals surface area contributed by atoms with E-state index in [9.17, 15) is 4.79 Å². The molecule has 2 aromatic rings. The summed E-state index contributed by atoms with van der Waals surface area (Å²) < 4.78 is 22.5. The zero-order chi connectivity index (χ0) is 18.6. The summed E-state index contributed by atoms with van der Waals surface area (Å²) >= 11 is 0. The SMILES string of the molecule is COc1cc(CC(=O)[C@@H]2CCCCO2)cc(-c2cccc3c2OCCO3)n1. The number of carbonyl (C=O) groups excluding carboxylic acids is 1. The standard InChI is InChI=1S/C21H23NO5/c1-24-20-13-14(12-17(23)18-6-2-3-8-25-18)11-16(22-20)15-5-4-7-19-21(15)27-10-9-26-19/h4-5,7,11,13,18H,2-3,6,8-10,12H2,1H3/t18-/m0/s1. The Morgan fingerprint density at radius 1 is 1.19 bits per heavy atom. The van der Waals surface area contributed by atoms with Crippen LogP contribution >= 0.6 is 0 Å². The van der Waals surface area contributed by atoms with E-state index in [-0.39, 0.29) is 11.9 Å². The monoisotopic (exact) mass is 369 g/mol. The van der Waals surface area contributed by atoms with Crippen LogP contribution in [-0.4, -0.2) is 43.8 Å². The molecule has 0 aliphatic carbocycles. The molecule has 0 saturated carbocycles. The molecule has 27 heavy (non-hydrogen) atoms. The lowest BCUT2D eigenvalue weighted by Gasteiger charge is -2.22. The predicted octanol–water partition coefficient (Wildman–Crippen LogP) is 3.21. The summed E-state index contributed by atoms with van der Waals surface area (Å²) in [7, 11) is 1.57. The Hall–Kier alpha value is -2.60. The van der Waals surface area contributed by atoms with Crippen LogP contribution < -0.4 is 14.2 Å². The zero-order valence-electron chi connectivity index (χ0n) is 15.4. The number of nitrogens with zero attached hydrogens (tertiary/aromatic N) is 1. The van der Waals surface area contributed by atoms with Crippen molar-refractivity contribution >= 4 is 5.78 Å². The molecule has 0 amide bonds. The first-order chi connectivity index (χ1) is 13.2. The Kier molecular flexibility index (Phi) is 5.25. The summed E-state index contributed by atoms with van der Waals surface area (Å²) in [6.07, 6.45) is 2.85. The first kappa shape index (κ1) is 17.8. The number of hydrogen-bond donors (Lipinski definition) is 0. The molecule has 1 saturated heterocycles. The van der Waals surface area contributed by atoms with Gasteiger partial charge in [-0.2, -0.15) is 0 Å². The minimum atomic E-state index is -0.303. The molecule has 2 aliphatic rings. The van der Waals surface area contributed by atoms with Gasteiger partial charge in [0.15, 0.2) is 17.3 Å². The number of methoxy groups -OCH3 is 1. The average molecular weight is 369 g/mol. The lowest BCUT2D eigenvalue weighted by atomic mass is 9.99. The number of fused-ring (bicyclic) bond motifs is 1. The Bertz CT molecular complexity index is 829. The quantitative estimate of drug-likeness (QED) is 0.806. The Balaban J connectivity index is 1.64. The second-order valence-corrected chi connectivity index (χ2v) is 6.73. The van der Waals surface area contributed by atoms with Gasteiger partial charge >= 0.3 is 0 Å². The van der Waals surface area contributed by atoms with Crippen molar-refractivity contribution in [2.24, 2.45) is 0 Å². The molecule has 0 unspecified atom stereocenters. The maximum atomic E-state index is 12.6. The topological polar surface area (TPSA) is 66.9 Å². The van der Waals surface area contributed by atoms with E-state index in [2.05, 4.69) is 4.98 Å². The molecule has 1 fully saturated rings. The molecule has 1 aromatic carbocycles. The van der Waals surface area contributed by atoms with Gasteiger partial charge in [-0.25, -0.2) is 4.98 Å². The predicted molar refractivity (Wildman–Crippen MR) is 99.5 cm³/mol. The van der Waals surface area contributed by atoms with Crippen LogP contribution in [0.1, 0.15) is 24.8 Å². The van der Waals surface area contributed by atoms with Crippen molar-refractivity contribution in [2.75, 3.05) is 26.9 Å². The third-order valence-corrected chi connectivity index (χ3v) is 4.83. The Morgan fingerprint density at radius 2 is 2.07 bits per heavy atom. The molecule has 142 valence electrons. The van der Waals surface area contributed by atoms with Gasteiger partial charge in [-0.05, 0) is 43.0 Å². The number of ketones is 1. The van der Waals surface area contributed by atoms with Crippen molar-refractivity contribution in [1.29, 1.82) is 0 Å². The van der Waals surface area contributed by atoms with Crippen molar-refractivity contribution in [1.82, 2.24) is 4.98 Å². The van der Waals surface area contributed by atoms with Crippen molar-refractivity contribution in [3.63, 3.8) is 0 Å². The van der Waals surface area contributed by atoms with Gasteiger partial charge in [0.1, 0.15) is 19.3 Å². The molecule has 1 aromatic heterocycles. The minimum Gasteiger partial charge on any atom is -0.486 e. The number of benzene rings is 1. The third-order valence-electron chi connectivity index (χ3n) is 4.83. The average Bonchev–Trinajstić information content (AvgIpc) is 2.73. The highest BCUT2D eigenvalue weighted by molar-refractivity contribution is 5.85. The third kappa shape index (κ3) is 3.90. The second kappa shape index (κ2) is 7.96. The number of Topliss-reactive ketones (excluding diaryl/α,β-unsaturated/α-hetero) is 1. The minimum absolute atomic E-state index is 0.101. The summed E-state index contributed by atoms with van der Waals surface area (Å²) in [4.78, 5) is 17.2. The highest BCUT2D eigenvalue weighted by Gasteiger charge is 2.23. The largest absolute Gasteiger partial charge is 0.486 e. The number of para-hydroxylation sites is 1. The molecule has 3 heterocycles. The van der Waals surface area contributed by atoms with Gasteiger partial charge in [-0.3, -0.25) is 4.79 Å². The number of rotatable bonds is 5. The molecule has 2 aliphatic heterocycles. The Labute approximate surface area is 158 Å². The summed E-state index contributed by atoms with van der Waals surface area (Å²) in [6, 6.07) is 9.44. The molecule has 6 nitrogen and oxygen atoms in total. The lowest BCUT2D eigenvalue weighted by Crippen LogP contribution is -2.29. The van der Waals surface area contributed by atoms with E-state index in [0.717, 1.165) is 30.4 Å². The van der Waals surface area contributed by atoms with Crippen molar-refractivity contribution < 1.29 is 23.7 Å². The van der Waals surface area contributed by atoms with E-state index in [1.54, 1.807) is 13.2 Å². The lowest BCUT2D eigenvalue weighted by molar-refractivity contribution is -0.132. The smallest absolute Gasteiger partial charge is 0.213 e. The molecule has 0 spiro atoms. The van der Waals surface area contributed by atoms with E-state index in [1.165, 1.54) is 0 Å². The number of ether oxygens (including phenoxy) is 4. The Morgan fingerprint density at radius 3 is 2.89 bits per heavy atom. The normalized spacial score (nSPS) is 18.8. The van der Waals surface area contributed by atoms with Crippen LogP contribution in [0.3, 0.4) is 0 Å². The highest BCUT2D eigenvalue weighted by Crippen LogP contribution is 2.39. The maximum absolute atomic E-state index is 12.6. The van der Waals surface area contributed by atoms with Crippen LogP contribution in [0, 0.1) is 0 Å². The molecule has 6 heteroatoms. The molecule has 1 atom stereocenters. The molecular formula is C21H23NO5. The van der Waals surface area contributed by atoms with E-state index in [4.69, 9.17) is 18.9 Å². The fourth-order valence-corrected chi connectivity index (χ4v) is 3.49. The van der Waals surface area contributed by atoms with Crippen molar-refractivity contribution in [3.8, 4) is 28.6 Å². The second-order valence-electron chi connectivity index (χ2n) is 6.73. The van der Waals surface area contributed by atoms with Gasteiger partial charge in [0.05, 0.1) is 12.8 Å². The van der Waals surface area contributed by atoms with Crippen molar-refractivity contribution in [3.05, 3.63) is 35.9 Å². The van der Waals surface area contributed by atoms with Crippen LogP contribution in [-0.2, 0) is 16.0 Å². The number of carbonyl (C=O) groups is 1. The van der Waals surface area contributed by atoms with Crippen LogP contribution in [0.5, 0.6) is 17.4 Å². The molecule has 4 rings (SSSR count). The van der Waals surface area contributed by atoms with Crippen LogP contribution in [0.2, 0.25) is 0 Å². The summed E-state index contributed by atoms with van der Waals surface area (Å²) in [5, 5.41) is 0. The van der Waals surface area contributed by atoms with Gasteiger partial charge in [-0.15, -0.1) is 0 Å². The first-order valence-corrected chi connectivity index (χ1v) is 9.33. The van der Waals surface area contributed by atoms with Crippen LogP contribution in [0.25, 0.3) is 11.3 Å². The first-order valence-electron chi connectivity index (χ1n) is 9.33. The van der Waals surface area contributed by atoms with E-state index >= 15 is 0 Å². The summed E-state index contributed by atoms with van der Waals surface area (Å²) in [6.45, 7) is 1.69. The molecular weight excluding hydrogens is 346 g/mol. The fraction of sp³-hybridized carbons (Fsp3) is 0.429. The van der Waals surface area contributed by atoms with Gasteiger partial charge < -0.3 is 18.9 Å². The number of pyridine rings is 1. The van der Waals surface area contributed by atoms with Gasteiger partial charge in [-0.1, -0.05) is 6.07 Å². The number of aromatic nitrogens is 1. The van der Waals surface area contributed by atoms with Crippen molar-refractivity contribution in [2.45, 2.75) is 31.8 Å². The number of hydrogen-bond acceptors (Lipinski definition) is 6. The van der Waals surface area contributed by atoms with E-state index in [0.29, 0.717) is 49.3 Å². The maximum Gasteiger partial charge on any atom is 0.213 e. The highest BCUT2D eigenvalue weighted by atomic mass is 16.6. The molecule has 0 bridgehead atoms. The molecule has 0 radical (unpaired) electrons.